The fraction of sp³-hybridized carbons (Fsp3) is 0.316. The van der Waals surface area contributed by atoms with Crippen LogP contribution in [0.2, 0.25) is 0 Å². The van der Waals surface area contributed by atoms with E-state index in [2.05, 4.69) is 15.6 Å². The van der Waals surface area contributed by atoms with E-state index >= 15 is 0 Å². The number of nitrogens with zero attached hydrogens (tertiary/aromatic N) is 1. The van der Waals surface area contributed by atoms with E-state index in [9.17, 15) is 19.1 Å². The van der Waals surface area contributed by atoms with Crippen LogP contribution in [-0.4, -0.2) is 50.7 Å². The summed E-state index contributed by atoms with van der Waals surface area (Å²) in [6, 6.07) is 8.96. The average molecular weight is 497 g/mol. The maximum absolute atomic E-state index is 13.2. The van der Waals surface area contributed by atoms with Crippen LogP contribution >= 0.6 is 46.4 Å². The molecule has 0 aliphatic rings. The number of aromatic nitrogens is 1. The van der Waals surface area contributed by atoms with Crippen molar-refractivity contribution in [2.45, 2.75) is 21.3 Å². The van der Waals surface area contributed by atoms with Crippen LogP contribution in [-0.2, 0) is 9.59 Å². The molecule has 2 unspecified atom stereocenters. The summed E-state index contributed by atoms with van der Waals surface area (Å²) in [4.78, 5) is 25.1. The minimum absolute atomic E-state index is 0.000988. The number of carbonyl (C=O) groups excluding carboxylic acids is 2. The van der Waals surface area contributed by atoms with Gasteiger partial charge < -0.3 is 15.7 Å². The SMILES string of the molecule is O=CC(Cl)(Cl)CNc1ccc(-c2ccc(C(O)C(CF)NC(=O)C(Cl)Cl)cc2)cn1. The first-order valence-corrected chi connectivity index (χ1v) is 10.3. The zero-order chi connectivity index (χ0) is 22.3. The molecule has 1 aromatic carbocycles. The highest BCUT2D eigenvalue weighted by molar-refractivity contribution is 6.56. The maximum atomic E-state index is 13.2. The van der Waals surface area contributed by atoms with E-state index in [1.165, 1.54) is 0 Å². The summed E-state index contributed by atoms with van der Waals surface area (Å²) in [5.74, 6) is -0.304. The number of pyridine rings is 1. The van der Waals surface area contributed by atoms with E-state index in [1.807, 2.05) is 0 Å². The van der Waals surface area contributed by atoms with Crippen LogP contribution in [0.25, 0.3) is 11.1 Å². The number of nitrogens with one attached hydrogen (secondary N) is 2. The molecule has 3 N–H and O–H groups in total. The van der Waals surface area contributed by atoms with Gasteiger partial charge in [-0.25, -0.2) is 9.37 Å². The number of benzene rings is 1. The predicted molar refractivity (Wildman–Crippen MR) is 117 cm³/mol. The van der Waals surface area contributed by atoms with Crippen LogP contribution in [0.4, 0.5) is 10.2 Å². The molecule has 1 aromatic heterocycles. The van der Waals surface area contributed by atoms with Crippen LogP contribution in [0.3, 0.4) is 0 Å². The van der Waals surface area contributed by atoms with E-state index in [0.717, 1.165) is 11.1 Å². The third kappa shape index (κ3) is 6.96. The molecule has 0 aliphatic heterocycles. The van der Waals surface area contributed by atoms with Crippen LogP contribution in [0.15, 0.2) is 42.6 Å². The summed E-state index contributed by atoms with van der Waals surface area (Å²) >= 11 is 22.4. The van der Waals surface area contributed by atoms with E-state index in [1.54, 1.807) is 42.6 Å². The van der Waals surface area contributed by atoms with E-state index in [0.29, 0.717) is 17.7 Å². The predicted octanol–water partition coefficient (Wildman–Crippen LogP) is 3.82. The van der Waals surface area contributed by atoms with Crippen LogP contribution in [0.1, 0.15) is 11.7 Å². The highest BCUT2D eigenvalue weighted by atomic mass is 35.5. The van der Waals surface area contributed by atoms with Gasteiger partial charge in [0, 0.05) is 11.8 Å². The first-order valence-electron chi connectivity index (χ1n) is 8.64. The van der Waals surface area contributed by atoms with Gasteiger partial charge >= 0.3 is 0 Å². The number of hydrogen-bond donors (Lipinski definition) is 3. The minimum atomic E-state index is -1.54. The Bertz CT molecular complexity index is 851. The third-order valence-corrected chi connectivity index (χ3v) is 4.94. The van der Waals surface area contributed by atoms with Crippen molar-refractivity contribution < 1.29 is 19.1 Å². The molecule has 0 radical (unpaired) electrons. The van der Waals surface area contributed by atoms with Gasteiger partial charge in [0.1, 0.15) is 18.6 Å². The molecule has 30 heavy (non-hydrogen) atoms. The van der Waals surface area contributed by atoms with Crippen LogP contribution in [0, 0.1) is 0 Å². The second kappa shape index (κ2) is 11.1. The molecule has 2 aromatic rings. The topological polar surface area (TPSA) is 91.3 Å². The lowest BCUT2D eigenvalue weighted by molar-refractivity contribution is -0.121. The molecule has 0 saturated carbocycles. The Labute approximate surface area is 192 Å². The third-order valence-electron chi connectivity index (χ3n) is 4.10. The van der Waals surface area contributed by atoms with Crippen molar-refractivity contribution in [3.63, 3.8) is 0 Å². The standard InChI is InChI=1S/C19H18Cl4FN3O3/c20-17(21)18(30)27-14(7-24)16(29)12-3-1-11(2-4-12)13-5-6-15(25-8-13)26-9-19(22,23)10-28/h1-6,8,10,14,16-17,29H,7,9H2,(H,25,26)(H,27,30). The highest BCUT2D eigenvalue weighted by Gasteiger charge is 2.25. The Morgan fingerprint density at radius 2 is 1.80 bits per heavy atom. The van der Waals surface area contributed by atoms with Crippen molar-refractivity contribution in [3.05, 3.63) is 48.2 Å². The van der Waals surface area contributed by atoms with Crippen molar-refractivity contribution in [3.8, 4) is 11.1 Å². The molecule has 6 nitrogen and oxygen atoms in total. The number of carbonyl (C=O) groups is 2. The quantitative estimate of drug-likeness (QED) is 0.343. The van der Waals surface area contributed by atoms with Crippen molar-refractivity contribution >= 4 is 64.4 Å². The fourth-order valence-corrected chi connectivity index (χ4v) is 2.73. The van der Waals surface area contributed by atoms with E-state index in [4.69, 9.17) is 46.4 Å². The summed E-state index contributed by atoms with van der Waals surface area (Å²) < 4.78 is 11.7. The van der Waals surface area contributed by atoms with Gasteiger partial charge in [-0.15, -0.1) is 0 Å². The average Bonchev–Trinajstić information content (AvgIpc) is 2.76. The van der Waals surface area contributed by atoms with Crippen molar-refractivity contribution in [1.29, 1.82) is 0 Å². The summed E-state index contributed by atoms with van der Waals surface area (Å²) in [7, 11) is 0. The molecular weight excluding hydrogens is 479 g/mol. The molecule has 162 valence electrons. The molecule has 0 bridgehead atoms. The monoisotopic (exact) mass is 495 g/mol. The molecule has 11 heteroatoms. The lowest BCUT2D eigenvalue weighted by Crippen LogP contribution is -2.43. The molecule has 0 fully saturated rings. The van der Waals surface area contributed by atoms with Gasteiger partial charge in [-0.1, -0.05) is 70.7 Å². The van der Waals surface area contributed by atoms with Crippen LogP contribution < -0.4 is 10.6 Å². The van der Waals surface area contributed by atoms with Gasteiger partial charge in [0.25, 0.3) is 5.91 Å². The molecule has 1 amide bonds. The molecule has 2 atom stereocenters. The van der Waals surface area contributed by atoms with Gasteiger partial charge in [0.2, 0.25) is 0 Å². The smallest absolute Gasteiger partial charge is 0.253 e. The molecule has 2 rings (SSSR count). The molecular formula is C19H18Cl4FN3O3. The van der Waals surface area contributed by atoms with E-state index in [-0.39, 0.29) is 6.54 Å². The number of anilines is 1. The Hall–Kier alpha value is -1.64. The van der Waals surface area contributed by atoms with Crippen molar-refractivity contribution in [1.82, 2.24) is 10.3 Å². The zero-order valence-electron chi connectivity index (χ0n) is 15.4. The summed E-state index contributed by atoms with van der Waals surface area (Å²) in [5.41, 5.74) is 1.98. The molecule has 1 heterocycles. The van der Waals surface area contributed by atoms with E-state index < -0.39 is 33.9 Å². The van der Waals surface area contributed by atoms with Gasteiger partial charge in [-0.05, 0) is 23.3 Å². The van der Waals surface area contributed by atoms with Crippen LogP contribution in [0.5, 0.6) is 0 Å². The number of aliphatic hydroxyl groups excluding tert-OH is 1. The minimum Gasteiger partial charge on any atom is -0.386 e. The Morgan fingerprint density at radius 1 is 1.17 bits per heavy atom. The van der Waals surface area contributed by atoms with Gasteiger partial charge in [-0.2, -0.15) is 0 Å². The second-order valence-electron chi connectivity index (χ2n) is 6.30. The van der Waals surface area contributed by atoms with Gasteiger partial charge in [0.15, 0.2) is 15.5 Å². The number of rotatable bonds is 10. The first kappa shape index (κ1) is 24.6. The number of halogens is 5. The maximum Gasteiger partial charge on any atom is 0.253 e. The summed E-state index contributed by atoms with van der Waals surface area (Å²) in [5, 5.41) is 15.5. The van der Waals surface area contributed by atoms with Crippen molar-refractivity contribution in [2.75, 3.05) is 18.5 Å². The van der Waals surface area contributed by atoms with Crippen molar-refractivity contribution in [2.24, 2.45) is 0 Å². The summed E-state index contributed by atoms with van der Waals surface area (Å²) in [6.07, 6.45) is 0.745. The normalized spacial score (nSPS) is 13.6. The van der Waals surface area contributed by atoms with Gasteiger partial charge in [0.05, 0.1) is 12.6 Å². The second-order valence-corrected chi connectivity index (χ2v) is 8.94. The molecule has 0 saturated heterocycles. The molecule has 0 spiro atoms. The number of alkyl halides is 5. The number of hydrogen-bond acceptors (Lipinski definition) is 5. The van der Waals surface area contributed by atoms with Gasteiger partial charge in [-0.3, -0.25) is 9.59 Å². The lowest BCUT2D eigenvalue weighted by atomic mass is 9.99. The summed E-state index contributed by atoms with van der Waals surface area (Å²) in [6.45, 7) is -0.997. The number of aliphatic hydroxyl groups is 1. The lowest BCUT2D eigenvalue weighted by Gasteiger charge is -2.22. The molecule has 0 aliphatic carbocycles. The zero-order valence-corrected chi connectivity index (χ0v) is 18.4. The Kier molecular flexibility index (Phi) is 9.12. The largest absolute Gasteiger partial charge is 0.386 e. The Balaban J connectivity index is 2.06. The first-order chi connectivity index (χ1) is 14.2. The number of aldehydes is 1. The highest BCUT2D eigenvalue weighted by Crippen LogP contribution is 2.25. The fourth-order valence-electron chi connectivity index (χ4n) is 2.47. The Morgan fingerprint density at radius 3 is 2.30 bits per heavy atom. The number of amides is 1.